The molecule has 0 spiro atoms. The first-order chi connectivity index (χ1) is 10.1. The Bertz CT molecular complexity index is 477. The lowest BCUT2D eigenvalue weighted by molar-refractivity contribution is -0.150. The highest BCUT2D eigenvalue weighted by molar-refractivity contribution is 7.99. The van der Waals surface area contributed by atoms with Gasteiger partial charge in [-0.25, -0.2) is 4.98 Å². The van der Waals surface area contributed by atoms with Gasteiger partial charge in [0.05, 0.1) is 12.8 Å². The Morgan fingerprint density at radius 3 is 3.10 bits per heavy atom. The van der Waals surface area contributed by atoms with Gasteiger partial charge < -0.3 is 14.5 Å². The minimum Gasteiger partial charge on any atom is -0.468 e. The van der Waals surface area contributed by atoms with Gasteiger partial charge in [0, 0.05) is 5.75 Å². The first-order valence-electron chi connectivity index (χ1n) is 7.50. The Labute approximate surface area is 130 Å². The predicted molar refractivity (Wildman–Crippen MR) is 82.3 cm³/mol. The van der Waals surface area contributed by atoms with Gasteiger partial charge in [0.15, 0.2) is 0 Å². The van der Waals surface area contributed by atoms with Gasteiger partial charge >= 0.3 is 5.97 Å². The van der Waals surface area contributed by atoms with Crippen LogP contribution in [0.1, 0.15) is 38.3 Å². The molecule has 1 fully saturated rings. The number of carbonyl (C=O) groups is 1. The fraction of sp³-hybridized carbons (Fsp3) is 0.733. The second kappa shape index (κ2) is 7.31. The van der Waals surface area contributed by atoms with Crippen LogP contribution in [0.25, 0.3) is 0 Å². The molecule has 6 heteroatoms. The van der Waals surface area contributed by atoms with Crippen molar-refractivity contribution in [3.63, 3.8) is 0 Å². The minimum absolute atomic E-state index is 0.121. The molecule has 0 radical (unpaired) electrons. The third-order valence-electron chi connectivity index (χ3n) is 4.15. The number of oxazole rings is 1. The third-order valence-corrected chi connectivity index (χ3v) is 5.03. The zero-order valence-corrected chi connectivity index (χ0v) is 13.8. The number of methoxy groups -OCH3 is 1. The normalized spacial score (nSPS) is 25.2. The van der Waals surface area contributed by atoms with Crippen LogP contribution in [-0.2, 0) is 9.53 Å². The monoisotopic (exact) mass is 312 g/mol. The standard InChI is InChI=1S/C15H24N2O3S/c1-4-16-15(13(18)19-3)8-5-6-12(15)7-9-21-14-17-11(2)10-20-14/h10,12,16H,4-9H2,1-3H3. The van der Waals surface area contributed by atoms with E-state index >= 15 is 0 Å². The first-order valence-corrected chi connectivity index (χ1v) is 8.49. The molecule has 1 aliphatic carbocycles. The van der Waals surface area contributed by atoms with Crippen molar-refractivity contribution in [3.8, 4) is 0 Å². The number of thioether (sulfide) groups is 1. The Kier molecular flexibility index (Phi) is 5.70. The Morgan fingerprint density at radius 2 is 2.48 bits per heavy atom. The summed E-state index contributed by atoms with van der Waals surface area (Å²) in [4.78, 5) is 16.5. The highest BCUT2D eigenvalue weighted by Gasteiger charge is 2.48. The highest BCUT2D eigenvalue weighted by Crippen LogP contribution is 2.40. The minimum atomic E-state index is -0.503. The maximum absolute atomic E-state index is 12.3. The molecule has 1 saturated carbocycles. The van der Waals surface area contributed by atoms with E-state index in [0.29, 0.717) is 11.1 Å². The molecule has 2 atom stereocenters. The van der Waals surface area contributed by atoms with Crippen LogP contribution in [0.5, 0.6) is 0 Å². The number of ether oxygens (including phenoxy) is 1. The van der Waals surface area contributed by atoms with E-state index < -0.39 is 5.54 Å². The van der Waals surface area contributed by atoms with Crippen molar-refractivity contribution in [2.24, 2.45) is 5.92 Å². The zero-order valence-electron chi connectivity index (χ0n) is 13.0. The van der Waals surface area contributed by atoms with Gasteiger partial charge in [-0.1, -0.05) is 25.1 Å². The quantitative estimate of drug-likeness (QED) is 0.617. The summed E-state index contributed by atoms with van der Waals surface area (Å²) in [7, 11) is 1.47. The number of hydrogen-bond donors (Lipinski definition) is 1. The van der Waals surface area contributed by atoms with Crippen LogP contribution < -0.4 is 5.32 Å². The molecule has 1 heterocycles. The molecule has 118 valence electrons. The van der Waals surface area contributed by atoms with E-state index in [1.165, 1.54) is 7.11 Å². The van der Waals surface area contributed by atoms with Crippen molar-refractivity contribution >= 4 is 17.7 Å². The van der Waals surface area contributed by atoms with Gasteiger partial charge in [-0.3, -0.25) is 4.79 Å². The van der Waals surface area contributed by atoms with Crippen LogP contribution in [0.15, 0.2) is 15.9 Å². The van der Waals surface area contributed by atoms with Gasteiger partial charge in [-0.2, -0.15) is 0 Å². The first kappa shape index (κ1) is 16.4. The molecule has 21 heavy (non-hydrogen) atoms. The van der Waals surface area contributed by atoms with Crippen molar-refractivity contribution in [1.82, 2.24) is 10.3 Å². The summed E-state index contributed by atoms with van der Waals surface area (Å²) in [6, 6.07) is 0. The fourth-order valence-corrected chi connectivity index (χ4v) is 4.13. The molecule has 2 rings (SSSR count). The lowest BCUT2D eigenvalue weighted by Gasteiger charge is -2.33. The number of hydrogen-bond acceptors (Lipinski definition) is 6. The highest BCUT2D eigenvalue weighted by atomic mass is 32.2. The number of nitrogens with one attached hydrogen (secondary N) is 1. The van der Waals surface area contributed by atoms with E-state index in [4.69, 9.17) is 9.15 Å². The molecule has 0 bridgehead atoms. The summed E-state index contributed by atoms with van der Waals surface area (Å²) in [6.45, 7) is 4.72. The lowest BCUT2D eigenvalue weighted by atomic mass is 9.85. The Hall–Kier alpha value is -1.01. The van der Waals surface area contributed by atoms with Crippen LogP contribution in [0.3, 0.4) is 0 Å². The van der Waals surface area contributed by atoms with E-state index in [0.717, 1.165) is 43.7 Å². The molecule has 0 amide bonds. The topological polar surface area (TPSA) is 64.4 Å². The smallest absolute Gasteiger partial charge is 0.326 e. The largest absolute Gasteiger partial charge is 0.468 e. The van der Waals surface area contributed by atoms with Crippen LogP contribution in [0, 0.1) is 12.8 Å². The third kappa shape index (κ3) is 3.61. The fourth-order valence-electron chi connectivity index (χ4n) is 3.23. The molecule has 1 N–H and O–H groups in total. The summed E-state index contributed by atoms with van der Waals surface area (Å²) in [6.07, 6.45) is 5.60. The summed E-state index contributed by atoms with van der Waals surface area (Å²) < 4.78 is 10.4. The van der Waals surface area contributed by atoms with Crippen molar-refractivity contribution in [1.29, 1.82) is 0 Å². The van der Waals surface area contributed by atoms with Crippen molar-refractivity contribution in [2.45, 2.75) is 50.3 Å². The van der Waals surface area contributed by atoms with Crippen LogP contribution in [0.4, 0.5) is 0 Å². The predicted octanol–water partition coefficient (Wildman–Crippen LogP) is 2.79. The molecular weight excluding hydrogens is 288 g/mol. The molecule has 0 saturated heterocycles. The lowest BCUT2D eigenvalue weighted by Crippen LogP contribution is -2.55. The maximum Gasteiger partial charge on any atom is 0.326 e. The van der Waals surface area contributed by atoms with Gasteiger partial charge in [0.1, 0.15) is 11.8 Å². The van der Waals surface area contributed by atoms with E-state index in [1.54, 1.807) is 18.0 Å². The number of aryl methyl sites for hydroxylation is 1. The second-order valence-electron chi connectivity index (χ2n) is 5.47. The molecular formula is C15H24N2O3S. The number of likely N-dealkylation sites (N-methyl/N-ethyl adjacent to an activating group) is 1. The number of aromatic nitrogens is 1. The number of esters is 1. The van der Waals surface area contributed by atoms with Crippen LogP contribution in [-0.4, -0.2) is 35.9 Å². The molecule has 0 aliphatic heterocycles. The van der Waals surface area contributed by atoms with Gasteiger partial charge in [-0.05, 0) is 38.6 Å². The molecule has 1 aromatic rings. The van der Waals surface area contributed by atoms with Crippen molar-refractivity contribution in [3.05, 3.63) is 12.0 Å². The van der Waals surface area contributed by atoms with Gasteiger partial charge in [0.25, 0.3) is 5.22 Å². The molecule has 2 unspecified atom stereocenters. The van der Waals surface area contributed by atoms with E-state index in [-0.39, 0.29) is 5.97 Å². The summed E-state index contributed by atoms with van der Waals surface area (Å²) in [5.74, 6) is 1.09. The molecule has 5 nitrogen and oxygen atoms in total. The summed E-state index contributed by atoms with van der Waals surface area (Å²) in [5.41, 5.74) is 0.395. The van der Waals surface area contributed by atoms with E-state index in [1.807, 2.05) is 13.8 Å². The van der Waals surface area contributed by atoms with Gasteiger partial charge in [-0.15, -0.1) is 0 Å². The Morgan fingerprint density at radius 1 is 1.67 bits per heavy atom. The molecule has 1 aromatic heterocycles. The van der Waals surface area contributed by atoms with Crippen molar-refractivity contribution < 1.29 is 13.9 Å². The van der Waals surface area contributed by atoms with Crippen LogP contribution in [0.2, 0.25) is 0 Å². The molecule has 0 aromatic carbocycles. The summed E-state index contributed by atoms with van der Waals surface area (Å²) in [5, 5.41) is 4.09. The zero-order chi connectivity index (χ0) is 15.3. The molecule has 1 aliphatic rings. The number of carbonyl (C=O) groups excluding carboxylic acids is 1. The summed E-state index contributed by atoms with van der Waals surface area (Å²) >= 11 is 1.61. The van der Waals surface area contributed by atoms with Crippen LogP contribution >= 0.6 is 11.8 Å². The van der Waals surface area contributed by atoms with Crippen molar-refractivity contribution in [2.75, 3.05) is 19.4 Å². The van der Waals surface area contributed by atoms with E-state index in [9.17, 15) is 4.79 Å². The maximum atomic E-state index is 12.3. The number of rotatable bonds is 7. The van der Waals surface area contributed by atoms with Gasteiger partial charge in [0.2, 0.25) is 0 Å². The second-order valence-corrected chi connectivity index (χ2v) is 6.52. The van der Waals surface area contributed by atoms with E-state index in [2.05, 4.69) is 10.3 Å². The SMILES string of the molecule is CCNC1(C(=O)OC)CCCC1CCSc1nc(C)co1. The Balaban J connectivity index is 1.95. The number of nitrogens with zero attached hydrogens (tertiary/aromatic N) is 1. The average molecular weight is 312 g/mol. The average Bonchev–Trinajstić information content (AvgIpc) is 3.06.